The lowest BCUT2D eigenvalue weighted by molar-refractivity contribution is 0.241. The van der Waals surface area contributed by atoms with Crippen LogP contribution in [0.25, 0.3) is 0 Å². The summed E-state index contributed by atoms with van der Waals surface area (Å²) in [6.45, 7) is 7.25. The molecule has 0 amide bonds. The molecule has 0 aliphatic heterocycles. The Morgan fingerprint density at radius 3 is 2.26 bits per heavy atom. The summed E-state index contributed by atoms with van der Waals surface area (Å²) in [4.78, 5) is 0. The van der Waals surface area contributed by atoms with Gasteiger partial charge in [0.15, 0.2) is 0 Å². The van der Waals surface area contributed by atoms with Gasteiger partial charge in [0, 0.05) is 11.1 Å². The summed E-state index contributed by atoms with van der Waals surface area (Å²) in [5.41, 5.74) is 0. The Morgan fingerprint density at radius 2 is 1.63 bits per heavy atom. The molecule has 0 heterocycles. The van der Waals surface area contributed by atoms with Crippen LogP contribution in [-0.2, 0) is 4.43 Å². The molecule has 19 heavy (non-hydrogen) atoms. The van der Waals surface area contributed by atoms with Gasteiger partial charge in [0.25, 0.3) is 0 Å². The largest absolute Gasteiger partial charge is 0.520 e. The van der Waals surface area contributed by atoms with Crippen molar-refractivity contribution in [1.29, 1.82) is 0 Å². The van der Waals surface area contributed by atoms with Gasteiger partial charge in [0.05, 0.1) is 0 Å². The molecule has 0 spiro atoms. The first-order chi connectivity index (χ1) is 9.03. The molecule has 0 aliphatic carbocycles. The maximum Gasteiger partial charge on any atom is 0.392 e. The topological polar surface area (TPSA) is 18.5 Å². The number of benzene rings is 1. The standard InChI is InChI=1S/C15H25BrO2Si/c1-4-5-6-7-8-13-17-19(2,3)18-15-11-9-14(16)10-12-15/h9-12H,4-8,13H2,1-3H3. The fraction of sp³-hybridized carbons (Fsp3) is 0.600. The van der Waals surface area contributed by atoms with Crippen LogP contribution in [0.3, 0.4) is 0 Å². The second kappa shape index (κ2) is 8.77. The summed E-state index contributed by atoms with van der Waals surface area (Å²) >= 11 is 3.42. The van der Waals surface area contributed by atoms with Crippen molar-refractivity contribution in [3.63, 3.8) is 0 Å². The van der Waals surface area contributed by atoms with Gasteiger partial charge in [0.1, 0.15) is 5.75 Å². The normalized spacial score (nSPS) is 11.6. The van der Waals surface area contributed by atoms with Crippen molar-refractivity contribution < 1.29 is 8.85 Å². The minimum atomic E-state index is -2.05. The maximum absolute atomic E-state index is 5.98. The van der Waals surface area contributed by atoms with Gasteiger partial charge >= 0.3 is 8.56 Å². The van der Waals surface area contributed by atoms with E-state index in [4.69, 9.17) is 8.85 Å². The molecule has 0 radical (unpaired) electrons. The van der Waals surface area contributed by atoms with E-state index in [1.54, 1.807) is 0 Å². The minimum absolute atomic E-state index is 0.819. The smallest absolute Gasteiger partial charge is 0.392 e. The second-order valence-electron chi connectivity index (χ2n) is 5.22. The molecule has 2 nitrogen and oxygen atoms in total. The summed E-state index contributed by atoms with van der Waals surface area (Å²) < 4.78 is 13.0. The van der Waals surface area contributed by atoms with E-state index in [0.717, 1.165) is 23.2 Å². The lowest BCUT2D eigenvalue weighted by Gasteiger charge is -2.23. The molecule has 0 aromatic heterocycles. The molecule has 0 fully saturated rings. The Kier molecular flexibility index (Phi) is 7.72. The highest BCUT2D eigenvalue weighted by Gasteiger charge is 2.26. The zero-order valence-corrected chi connectivity index (χ0v) is 14.8. The predicted octanol–water partition coefficient (Wildman–Crippen LogP) is 5.52. The Bertz CT molecular complexity index is 352. The number of unbranched alkanes of at least 4 members (excludes halogenated alkanes) is 4. The van der Waals surface area contributed by atoms with Crippen LogP contribution in [0.15, 0.2) is 28.7 Å². The van der Waals surface area contributed by atoms with Gasteiger partial charge < -0.3 is 8.85 Å². The van der Waals surface area contributed by atoms with Crippen molar-refractivity contribution in [2.45, 2.75) is 52.1 Å². The van der Waals surface area contributed by atoms with E-state index >= 15 is 0 Å². The molecule has 0 saturated carbocycles. The van der Waals surface area contributed by atoms with Gasteiger partial charge in [-0.25, -0.2) is 0 Å². The van der Waals surface area contributed by atoms with Crippen LogP contribution in [-0.4, -0.2) is 15.2 Å². The highest BCUT2D eigenvalue weighted by atomic mass is 79.9. The Hall–Kier alpha value is -0.323. The zero-order valence-electron chi connectivity index (χ0n) is 12.2. The Balaban J connectivity index is 2.25. The van der Waals surface area contributed by atoms with Crippen molar-refractivity contribution in [2.75, 3.05) is 6.61 Å². The Labute approximate surface area is 126 Å². The fourth-order valence-electron chi connectivity index (χ4n) is 1.84. The van der Waals surface area contributed by atoms with Crippen molar-refractivity contribution in [1.82, 2.24) is 0 Å². The van der Waals surface area contributed by atoms with Gasteiger partial charge in [-0.3, -0.25) is 0 Å². The number of hydrogen-bond donors (Lipinski definition) is 0. The van der Waals surface area contributed by atoms with E-state index in [1.165, 1.54) is 25.7 Å². The van der Waals surface area contributed by atoms with Gasteiger partial charge in [-0.1, -0.05) is 48.5 Å². The van der Waals surface area contributed by atoms with Crippen LogP contribution in [0.1, 0.15) is 39.0 Å². The second-order valence-corrected chi connectivity index (χ2v) is 9.43. The summed E-state index contributed by atoms with van der Waals surface area (Å²) in [5, 5.41) is 0. The monoisotopic (exact) mass is 344 g/mol. The van der Waals surface area contributed by atoms with Crippen LogP contribution in [0, 0.1) is 0 Å². The van der Waals surface area contributed by atoms with Gasteiger partial charge in [0.2, 0.25) is 0 Å². The first-order valence-electron chi connectivity index (χ1n) is 7.12. The number of rotatable bonds is 9. The van der Waals surface area contributed by atoms with Crippen molar-refractivity contribution in [3.8, 4) is 5.75 Å². The third-order valence-electron chi connectivity index (χ3n) is 2.87. The van der Waals surface area contributed by atoms with Gasteiger partial charge in [-0.15, -0.1) is 0 Å². The zero-order chi connectivity index (χ0) is 14.1. The molecule has 1 aromatic carbocycles. The van der Waals surface area contributed by atoms with E-state index in [2.05, 4.69) is 35.9 Å². The molecule has 1 aromatic rings. The molecule has 0 atom stereocenters. The maximum atomic E-state index is 5.98. The van der Waals surface area contributed by atoms with Crippen LogP contribution in [0.2, 0.25) is 13.1 Å². The van der Waals surface area contributed by atoms with Gasteiger partial charge in [-0.2, -0.15) is 0 Å². The SMILES string of the molecule is CCCCCCCO[Si](C)(C)Oc1ccc(Br)cc1. The molecule has 1 rings (SSSR count). The first-order valence-corrected chi connectivity index (χ1v) is 10.7. The van der Waals surface area contributed by atoms with E-state index < -0.39 is 8.56 Å². The third kappa shape index (κ3) is 7.75. The molecule has 0 bridgehead atoms. The third-order valence-corrected chi connectivity index (χ3v) is 5.03. The van der Waals surface area contributed by atoms with Crippen molar-refractivity contribution in [2.24, 2.45) is 0 Å². The number of hydrogen-bond acceptors (Lipinski definition) is 2. The van der Waals surface area contributed by atoms with E-state index in [1.807, 2.05) is 24.3 Å². The number of halogens is 1. The lowest BCUT2D eigenvalue weighted by atomic mass is 10.2. The summed E-state index contributed by atoms with van der Waals surface area (Å²) in [6, 6.07) is 7.93. The van der Waals surface area contributed by atoms with Crippen molar-refractivity contribution in [3.05, 3.63) is 28.7 Å². The molecule has 0 aliphatic rings. The average molecular weight is 345 g/mol. The molecular weight excluding hydrogens is 320 g/mol. The quantitative estimate of drug-likeness (QED) is 0.433. The summed E-state index contributed by atoms with van der Waals surface area (Å²) in [7, 11) is -2.05. The molecule has 0 saturated heterocycles. The van der Waals surface area contributed by atoms with Crippen LogP contribution >= 0.6 is 15.9 Å². The molecule has 0 N–H and O–H groups in total. The molecule has 108 valence electrons. The fourth-order valence-corrected chi connectivity index (χ4v) is 3.50. The van der Waals surface area contributed by atoms with Crippen LogP contribution < -0.4 is 4.43 Å². The predicted molar refractivity (Wildman–Crippen MR) is 87.0 cm³/mol. The lowest BCUT2D eigenvalue weighted by Crippen LogP contribution is -2.38. The van der Waals surface area contributed by atoms with Crippen LogP contribution in [0.4, 0.5) is 0 Å². The van der Waals surface area contributed by atoms with Crippen LogP contribution in [0.5, 0.6) is 5.75 Å². The van der Waals surface area contributed by atoms with E-state index in [-0.39, 0.29) is 0 Å². The van der Waals surface area contributed by atoms with E-state index in [0.29, 0.717) is 0 Å². The molecular formula is C15H25BrO2Si. The highest BCUT2D eigenvalue weighted by molar-refractivity contribution is 9.10. The minimum Gasteiger partial charge on any atom is -0.520 e. The van der Waals surface area contributed by atoms with Gasteiger partial charge in [-0.05, 0) is 43.8 Å². The van der Waals surface area contributed by atoms with E-state index in [9.17, 15) is 0 Å². The van der Waals surface area contributed by atoms with Crippen molar-refractivity contribution >= 4 is 24.5 Å². The first kappa shape index (κ1) is 16.7. The molecule has 0 unspecified atom stereocenters. The summed E-state index contributed by atoms with van der Waals surface area (Å²) in [5.74, 6) is 0.894. The summed E-state index contributed by atoms with van der Waals surface area (Å²) in [6.07, 6.45) is 6.33. The average Bonchev–Trinajstić information content (AvgIpc) is 2.36. The molecule has 4 heteroatoms. The Morgan fingerprint density at radius 1 is 1.00 bits per heavy atom. The highest BCUT2D eigenvalue weighted by Crippen LogP contribution is 2.20.